The fourth-order valence-corrected chi connectivity index (χ4v) is 2.29. The molecule has 1 aromatic carbocycles. The number of nitriles is 1. The fraction of sp³-hybridized carbons (Fsp3) is 0.125. The highest BCUT2D eigenvalue weighted by molar-refractivity contribution is 14.1. The molecule has 74 valence electrons. The Morgan fingerprint density at radius 3 is 2.36 bits per heavy atom. The molecule has 0 bridgehead atoms. The van der Waals surface area contributed by atoms with E-state index in [2.05, 4.69) is 2.51 Å². The molecule has 1 unspecified atom stereocenters. The lowest BCUT2D eigenvalue weighted by Crippen LogP contribution is -2.10. The van der Waals surface area contributed by atoms with Crippen LogP contribution in [0.25, 0.3) is 0 Å². The van der Waals surface area contributed by atoms with Crippen molar-refractivity contribution < 1.29 is 10.9 Å². The van der Waals surface area contributed by atoms with Gasteiger partial charge in [0.1, 0.15) is 23.0 Å². The molecule has 0 aliphatic rings. The first kappa shape index (κ1) is 11.4. The molecule has 0 aliphatic carbocycles. The Hall–Kier alpha value is -0.650. The lowest BCUT2D eigenvalue weighted by Gasteiger charge is -2.06. The van der Waals surface area contributed by atoms with Crippen molar-refractivity contribution >= 4 is 33.1 Å². The summed E-state index contributed by atoms with van der Waals surface area (Å²) >= 11 is 1.26. The summed E-state index contributed by atoms with van der Waals surface area (Å²) < 4.78 is 26.8. The van der Waals surface area contributed by atoms with Crippen molar-refractivity contribution in [1.82, 2.24) is 0 Å². The van der Waals surface area contributed by atoms with Gasteiger partial charge in [-0.2, -0.15) is 16.2 Å². The molecule has 0 spiro atoms. The van der Waals surface area contributed by atoms with E-state index in [0.29, 0.717) is 5.56 Å². The summed E-state index contributed by atoms with van der Waals surface area (Å²) in [7, 11) is -3.84. The van der Waals surface area contributed by atoms with E-state index in [-0.39, 0.29) is 0 Å². The van der Waals surface area contributed by atoms with Crippen LogP contribution in [0.3, 0.4) is 0 Å². The van der Waals surface area contributed by atoms with Gasteiger partial charge < -0.3 is 0 Å². The molecule has 14 heavy (non-hydrogen) atoms. The van der Waals surface area contributed by atoms with Gasteiger partial charge in [-0.05, 0) is 5.56 Å². The first-order valence-electron chi connectivity index (χ1n) is 3.60. The Kier molecular flexibility index (Phi) is 3.86. The smallest absolute Gasteiger partial charge is 0.198 e. The van der Waals surface area contributed by atoms with E-state index in [0.717, 1.165) is 0 Å². The molecule has 0 N–H and O–H groups in total. The molecule has 4 nitrogen and oxygen atoms in total. The Morgan fingerprint density at radius 2 is 1.93 bits per heavy atom. The zero-order valence-electron chi connectivity index (χ0n) is 6.92. The minimum Gasteiger partial charge on any atom is -0.198 e. The number of rotatable bonds is 3. The molecular weight excluding hydrogens is 317 g/mol. The molecule has 1 rings (SSSR count). The van der Waals surface area contributed by atoms with Gasteiger partial charge in [-0.15, -0.1) is 0 Å². The molecule has 0 fully saturated rings. The van der Waals surface area contributed by atoms with E-state index in [1.165, 1.54) is 23.0 Å². The summed E-state index contributed by atoms with van der Waals surface area (Å²) in [5.74, 6) is 0. The van der Waals surface area contributed by atoms with E-state index in [9.17, 15) is 8.42 Å². The molecule has 0 amide bonds. The number of nitrogens with zero attached hydrogens (tertiary/aromatic N) is 1. The average Bonchev–Trinajstić information content (AvgIpc) is 2.20. The summed E-state index contributed by atoms with van der Waals surface area (Å²) in [6.45, 7) is 0. The first-order valence-corrected chi connectivity index (χ1v) is 5.95. The number of halogens is 1. The molecule has 6 heteroatoms. The van der Waals surface area contributed by atoms with Gasteiger partial charge in [-0.1, -0.05) is 30.3 Å². The van der Waals surface area contributed by atoms with Gasteiger partial charge in [0.05, 0.1) is 6.07 Å². The number of benzene rings is 1. The van der Waals surface area contributed by atoms with E-state index in [4.69, 9.17) is 5.26 Å². The summed E-state index contributed by atoms with van der Waals surface area (Å²) in [6.07, 6.45) is 0. The topological polar surface area (TPSA) is 67.2 Å². The summed E-state index contributed by atoms with van der Waals surface area (Å²) in [5, 5.41) is 7.47. The zero-order valence-corrected chi connectivity index (χ0v) is 9.90. The van der Waals surface area contributed by atoms with Crippen LogP contribution in [0, 0.1) is 11.3 Å². The van der Waals surface area contributed by atoms with E-state index in [1.54, 1.807) is 36.4 Å². The zero-order chi connectivity index (χ0) is 10.6. The maximum Gasteiger partial charge on any atom is 0.297 e. The van der Waals surface area contributed by atoms with Crippen LogP contribution in [0.5, 0.6) is 0 Å². The Balaban J connectivity index is 3.15. The van der Waals surface area contributed by atoms with Gasteiger partial charge in [-0.3, -0.25) is 0 Å². The molecule has 0 saturated carbocycles. The molecule has 0 saturated heterocycles. The van der Waals surface area contributed by atoms with E-state index < -0.39 is 15.4 Å². The Morgan fingerprint density at radius 1 is 1.36 bits per heavy atom. The van der Waals surface area contributed by atoms with Gasteiger partial charge in [0, 0.05) is 0 Å². The number of hydrogen-bond donors (Lipinski definition) is 0. The fourth-order valence-electron chi connectivity index (χ4n) is 0.970. The highest BCUT2D eigenvalue weighted by Gasteiger charge is 2.27. The molecule has 0 radical (unpaired) electrons. The Labute approximate surface area is 96.3 Å². The monoisotopic (exact) mass is 323 g/mol. The largest absolute Gasteiger partial charge is 0.297 e. The second kappa shape index (κ2) is 4.72. The molecule has 1 atom stereocenters. The molecule has 1 aromatic rings. The third-order valence-corrected chi connectivity index (χ3v) is 4.23. The molecular formula is C8H6INO3S. The lowest BCUT2D eigenvalue weighted by molar-refractivity contribution is 0.530. The van der Waals surface area contributed by atoms with Crippen molar-refractivity contribution in [2.75, 3.05) is 0 Å². The summed E-state index contributed by atoms with van der Waals surface area (Å²) in [4.78, 5) is 0. The van der Waals surface area contributed by atoms with Crippen molar-refractivity contribution in [3.8, 4) is 6.07 Å². The summed E-state index contributed by atoms with van der Waals surface area (Å²) in [5.41, 5.74) is 0.409. The second-order valence-electron chi connectivity index (χ2n) is 2.48. The van der Waals surface area contributed by atoms with E-state index >= 15 is 0 Å². The highest BCUT2D eigenvalue weighted by Crippen LogP contribution is 2.24. The van der Waals surface area contributed by atoms with Crippen molar-refractivity contribution in [2.24, 2.45) is 0 Å². The number of hydrogen-bond acceptors (Lipinski definition) is 4. The van der Waals surface area contributed by atoms with Crippen molar-refractivity contribution in [2.45, 2.75) is 5.25 Å². The molecule has 0 aliphatic heterocycles. The van der Waals surface area contributed by atoms with Crippen molar-refractivity contribution in [3.63, 3.8) is 0 Å². The van der Waals surface area contributed by atoms with Gasteiger partial charge in [-0.25, -0.2) is 0 Å². The van der Waals surface area contributed by atoms with Crippen LogP contribution in [-0.2, 0) is 12.6 Å². The third-order valence-electron chi connectivity index (χ3n) is 1.60. The van der Waals surface area contributed by atoms with Crippen LogP contribution in [-0.4, -0.2) is 8.42 Å². The Bertz CT molecular complexity index is 437. The third kappa shape index (κ3) is 2.43. The lowest BCUT2D eigenvalue weighted by atomic mass is 10.2. The van der Waals surface area contributed by atoms with Gasteiger partial charge >= 0.3 is 0 Å². The van der Waals surface area contributed by atoms with Gasteiger partial charge in [0.2, 0.25) is 0 Å². The normalized spacial score (nSPS) is 13.1. The van der Waals surface area contributed by atoms with E-state index in [1.807, 2.05) is 0 Å². The summed E-state index contributed by atoms with van der Waals surface area (Å²) in [6, 6.07) is 9.92. The minimum absolute atomic E-state index is 0.409. The highest BCUT2D eigenvalue weighted by atomic mass is 127. The molecule has 0 aromatic heterocycles. The first-order chi connectivity index (χ1) is 6.61. The maximum absolute atomic E-state index is 11.3. The van der Waals surface area contributed by atoms with Crippen LogP contribution >= 0.6 is 23.0 Å². The minimum atomic E-state index is -3.84. The van der Waals surface area contributed by atoms with Crippen LogP contribution in [0.4, 0.5) is 0 Å². The second-order valence-corrected chi connectivity index (χ2v) is 5.14. The standard InChI is InChI=1S/C8H6INO3S/c9-13-14(11,12)8(6-10)7-4-2-1-3-5-7/h1-5,8H. The van der Waals surface area contributed by atoms with Gasteiger partial charge in [0.15, 0.2) is 5.25 Å². The van der Waals surface area contributed by atoms with Crippen LogP contribution < -0.4 is 0 Å². The van der Waals surface area contributed by atoms with Crippen LogP contribution in [0.1, 0.15) is 10.8 Å². The predicted molar refractivity (Wildman–Crippen MR) is 58.8 cm³/mol. The van der Waals surface area contributed by atoms with Crippen LogP contribution in [0.15, 0.2) is 30.3 Å². The van der Waals surface area contributed by atoms with Crippen LogP contribution in [0.2, 0.25) is 0 Å². The average molecular weight is 323 g/mol. The maximum atomic E-state index is 11.3. The van der Waals surface area contributed by atoms with Crippen molar-refractivity contribution in [1.29, 1.82) is 5.26 Å². The quantitative estimate of drug-likeness (QED) is 0.798. The van der Waals surface area contributed by atoms with Gasteiger partial charge in [0.25, 0.3) is 10.1 Å². The van der Waals surface area contributed by atoms with Crippen molar-refractivity contribution in [3.05, 3.63) is 35.9 Å². The SMILES string of the molecule is N#CC(c1ccccc1)S(=O)(=O)OI. The molecule has 0 heterocycles. The predicted octanol–water partition coefficient (Wildman–Crippen LogP) is 1.95.